The van der Waals surface area contributed by atoms with Crippen LogP contribution in [0, 0.1) is 0 Å². The van der Waals surface area contributed by atoms with Crippen molar-refractivity contribution in [2.45, 2.75) is 20.3 Å². The van der Waals surface area contributed by atoms with Gasteiger partial charge in [0.1, 0.15) is 5.75 Å². The van der Waals surface area contributed by atoms with Gasteiger partial charge in [0.2, 0.25) is 0 Å². The maximum atomic E-state index is 13.1. The molecule has 6 heteroatoms. The number of nitrogens with zero attached hydrogens (tertiary/aromatic N) is 2. The summed E-state index contributed by atoms with van der Waals surface area (Å²) in [7, 11) is 0. The lowest BCUT2D eigenvalue weighted by atomic mass is 10.0. The second kappa shape index (κ2) is 9.53. The van der Waals surface area contributed by atoms with Crippen molar-refractivity contribution in [3.63, 3.8) is 0 Å². The van der Waals surface area contributed by atoms with Gasteiger partial charge < -0.3 is 4.74 Å². The van der Waals surface area contributed by atoms with E-state index in [0.717, 1.165) is 44.9 Å². The van der Waals surface area contributed by atoms with E-state index < -0.39 is 0 Å². The Kier molecular flexibility index (Phi) is 6.38. The topological polar surface area (TPSA) is 63.6 Å². The largest absolute Gasteiger partial charge is 0.494 e. The Morgan fingerprint density at radius 2 is 1.87 bits per heavy atom. The number of carbonyl (C=O) groups is 1. The highest BCUT2D eigenvalue weighted by molar-refractivity contribution is 7.12. The van der Waals surface area contributed by atoms with E-state index in [4.69, 9.17) is 9.72 Å². The Morgan fingerprint density at radius 3 is 2.58 bits per heavy atom. The fraction of sp³-hybridized carbons (Fsp3) is 0.160. The molecule has 4 aromatic rings. The van der Waals surface area contributed by atoms with Crippen molar-refractivity contribution in [2.75, 3.05) is 6.61 Å². The van der Waals surface area contributed by atoms with E-state index in [1.165, 1.54) is 0 Å². The van der Waals surface area contributed by atoms with Crippen LogP contribution in [-0.4, -0.2) is 23.2 Å². The molecule has 1 amide bonds. The summed E-state index contributed by atoms with van der Waals surface area (Å²) in [5, 5.41) is 7.19. The number of hydrogen-bond donors (Lipinski definition) is 1. The third-order valence-electron chi connectivity index (χ3n) is 4.85. The molecule has 2 heterocycles. The standard InChI is InChI=1S/C25H23N3O2S/c1-3-21(24-10-7-15-31-24)27-28-25(29)20-16-23(26-22-9-6-5-8-19(20)22)17-11-13-18(14-12-17)30-4-2/h5-16H,3-4H2,1-2H3,(H,28,29). The molecule has 0 aliphatic rings. The summed E-state index contributed by atoms with van der Waals surface area (Å²) in [4.78, 5) is 18.9. The molecule has 0 aliphatic carbocycles. The van der Waals surface area contributed by atoms with Crippen molar-refractivity contribution in [3.8, 4) is 17.0 Å². The van der Waals surface area contributed by atoms with Gasteiger partial charge in [-0.25, -0.2) is 10.4 Å². The quantitative estimate of drug-likeness (QED) is 0.294. The SMILES string of the molecule is CCOc1ccc(-c2cc(C(=O)NN=C(CC)c3cccs3)c3ccccc3n2)cc1. The summed E-state index contributed by atoms with van der Waals surface area (Å²) in [6, 6.07) is 21.2. The van der Waals surface area contributed by atoms with Gasteiger partial charge in [-0.15, -0.1) is 11.3 Å². The van der Waals surface area contributed by atoms with Crippen LogP contribution < -0.4 is 10.2 Å². The zero-order chi connectivity index (χ0) is 21.6. The van der Waals surface area contributed by atoms with Gasteiger partial charge in [0.25, 0.3) is 5.91 Å². The zero-order valence-corrected chi connectivity index (χ0v) is 18.3. The lowest BCUT2D eigenvalue weighted by molar-refractivity contribution is 0.0956. The molecule has 0 radical (unpaired) electrons. The van der Waals surface area contributed by atoms with Crippen molar-refractivity contribution in [3.05, 3.63) is 82.6 Å². The van der Waals surface area contributed by atoms with Gasteiger partial charge in [0.15, 0.2) is 0 Å². The predicted molar refractivity (Wildman–Crippen MR) is 127 cm³/mol. The third kappa shape index (κ3) is 4.64. The van der Waals surface area contributed by atoms with Crippen molar-refractivity contribution >= 4 is 33.9 Å². The molecular formula is C25H23N3O2S. The van der Waals surface area contributed by atoms with Crippen LogP contribution in [-0.2, 0) is 0 Å². The normalized spacial score (nSPS) is 11.5. The van der Waals surface area contributed by atoms with E-state index in [0.29, 0.717) is 12.2 Å². The molecule has 0 saturated carbocycles. The van der Waals surface area contributed by atoms with Crippen LogP contribution in [0.4, 0.5) is 0 Å². The average molecular weight is 430 g/mol. The minimum absolute atomic E-state index is 0.256. The molecule has 2 aromatic carbocycles. The number of pyridine rings is 1. The lowest BCUT2D eigenvalue weighted by Gasteiger charge is -2.10. The molecule has 0 atom stereocenters. The number of carbonyl (C=O) groups excluding carboxylic acids is 1. The second-order valence-electron chi connectivity index (χ2n) is 6.86. The maximum absolute atomic E-state index is 13.1. The molecule has 0 saturated heterocycles. The number of aromatic nitrogens is 1. The van der Waals surface area contributed by atoms with E-state index >= 15 is 0 Å². The van der Waals surface area contributed by atoms with Crippen molar-refractivity contribution in [1.82, 2.24) is 10.4 Å². The van der Waals surface area contributed by atoms with Crippen LogP contribution in [0.5, 0.6) is 5.75 Å². The Balaban J connectivity index is 1.70. The third-order valence-corrected chi connectivity index (χ3v) is 5.77. The van der Waals surface area contributed by atoms with Crippen LogP contribution in [0.25, 0.3) is 22.2 Å². The van der Waals surface area contributed by atoms with Crippen LogP contribution >= 0.6 is 11.3 Å². The number of hydrazone groups is 1. The summed E-state index contributed by atoms with van der Waals surface area (Å²) < 4.78 is 5.53. The minimum Gasteiger partial charge on any atom is -0.494 e. The van der Waals surface area contributed by atoms with Crippen molar-refractivity contribution < 1.29 is 9.53 Å². The van der Waals surface area contributed by atoms with E-state index in [1.807, 2.05) is 86.0 Å². The minimum atomic E-state index is -0.256. The first-order valence-corrected chi connectivity index (χ1v) is 11.1. The Labute approximate surface area is 185 Å². The number of rotatable bonds is 7. The summed E-state index contributed by atoms with van der Waals surface area (Å²) in [5.41, 5.74) is 6.54. The van der Waals surface area contributed by atoms with E-state index in [1.54, 1.807) is 11.3 Å². The number of ether oxygens (including phenoxy) is 1. The number of fused-ring (bicyclic) bond motifs is 1. The molecule has 156 valence electrons. The van der Waals surface area contributed by atoms with E-state index in [9.17, 15) is 4.79 Å². The second-order valence-corrected chi connectivity index (χ2v) is 7.81. The zero-order valence-electron chi connectivity index (χ0n) is 17.5. The molecule has 2 aromatic heterocycles. The van der Waals surface area contributed by atoms with Crippen LogP contribution in [0.3, 0.4) is 0 Å². The molecule has 0 fully saturated rings. The number of benzene rings is 2. The smallest absolute Gasteiger partial charge is 0.272 e. The number of amides is 1. The monoisotopic (exact) mass is 429 g/mol. The fourth-order valence-electron chi connectivity index (χ4n) is 3.33. The van der Waals surface area contributed by atoms with Gasteiger partial charge >= 0.3 is 0 Å². The van der Waals surface area contributed by atoms with Gasteiger partial charge in [-0.2, -0.15) is 5.10 Å². The fourth-order valence-corrected chi connectivity index (χ4v) is 4.12. The van der Waals surface area contributed by atoms with E-state index in [-0.39, 0.29) is 5.91 Å². The highest BCUT2D eigenvalue weighted by atomic mass is 32.1. The summed E-state index contributed by atoms with van der Waals surface area (Å²) >= 11 is 1.61. The maximum Gasteiger partial charge on any atom is 0.272 e. The highest BCUT2D eigenvalue weighted by Crippen LogP contribution is 2.26. The molecule has 0 bridgehead atoms. The molecule has 4 rings (SSSR count). The molecule has 0 unspecified atom stereocenters. The Bertz CT molecular complexity index is 1220. The summed E-state index contributed by atoms with van der Waals surface area (Å²) in [6.07, 6.45) is 0.731. The number of para-hydroxylation sites is 1. The van der Waals surface area contributed by atoms with Crippen LogP contribution in [0.2, 0.25) is 0 Å². The molecule has 31 heavy (non-hydrogen) atoms. The van der Waals surface area contributed by atoms with Gasteiger partial charge in [0, 0.05) is 10.9 Å². The van der Waals surface area contributed by atoms with E-state index in [2.05, 4.69) is 10.5 Å². The van der Waals surface area contributed by atoms with Gasteiger partial charge in [-0.3, -0.25) is 4.79 Å². The Hall–Kier alpha value is -3.51. The first-order chi connectivity index (χ1) is 15.2. The molecule has 0 spiro atoms. The summed E-state index contributed by atoms with van der Waals surface area (Å²) in [6.45, 7) is 4.59. The number of nitrogens with one attached hydrogen (secondary N) is 1. The lowest BCUT2D eigenvalue weighted by Crippen LogP contribution is -2.20. The predicted octanol–water partition coefficient (Wildman–Crippen LogP) is 5.91. The molecular weight excluding hydrogens is 406 g/mol. The van der Waals surface area contributed by atoms with Gasteiger partial charge in [-0.1, -0.05) is 31.2 Å². The van der Waals surface area contributed by atoms with Crippen molar-refractivity contribution in [1.29, 1.82) is 0 Å². The Morgan fingerprint density at radius 1 is 1.06 bits per heavy atom. The number of hydrogen-bond acceptors (Lipinski definition) is 5. The first kappa shape index (κ1) is 20.8. The van der Waals surface area contributed by atoms with Gasteiger partial charge in [-0.05, 0) is 61.2 Å². The highest BCUT2D eigenvalue weighted by Gasteiger charge is 2.14. The van der Waals surface area contributed by atoms with Crippen LogP contribution in [0.15, 0.2) is 77.2 Å². The molecule has 1 N–H and O–H groups in total. The first-order valence-electron chi connectivity index (χ1n) is 10.2. The summed E-state index contributed by atoms with van der Waals surface area (Å²) in [5.74, 6) is 0.549. The van der Waals surface area contributed by atoms with Crippen molar-refractivity contribution in [2.24, 2.45) is 5.10 Å². The van der Waals surface area contributed by atoms with Gasteiger partial charge in [0.05, 0.1) is 34.0 Å². The number of thiophene rings is 1. The molecule has 0 aliphatic heterocycles. The molecule has 5 nitrogen and oxygen atoms in total. The average Bonchev–Trinajstić information content (AvgIpc) is 3.34. The van der Waals surface area contributed by atoms with Crippen LogP contribution in [0.1, 0.15) is 35.5 Å².